The molecule has 0 aromatic carbocycles. The molecule has 0 unspecified atom stereocenters. The van der Waals surface area contributed by atoms with E-state index in [2.05, 4.69) is 23.9 Å². The molecule has 0 bridgehead atoms. The molecule has 66 valence electrons. The van der Waals surface area contributed by atoms with Crippen LogP contribution in [0.2, 0.25) is 0 Å². The van der Waals surface area contributed by atoms with Gasteiger partial charge in [-0.25, -0.2) is 4.79 Å². The highest BCUT2D eigenvalue weighted by Gasteiger charge is 1.99. The zero-order valence-corrected chi connectivity index (χ0v) is 7.52. The number of nitrogens with one attached hydrogen (secondary N) is 1. The fourth-order valence-corrected chi connectivity index (χ4v) is 0.645. The van der Waals surface area contributed by atoms with E-state index in [0.29, 0.717) is 19.1 Å². The Balaban J connectivity index is 3.17. The summed E-state index contributed by atoms with van der Waals surface area (Å²) in [5.41, 5.74) is 0. The summed E-state index contributed by atoms with van der Waals surface area (Å²) in [5.74, 6) is 0.622. The molecule has 3 nitrogen and oxygen atoms in total. The highest BCUT2D eigenvalue weighted by Crippen LogP contribution is 1.96. The SMILES string of the molecule is CCOC(=O)NCCC(C)C. The van der Waals surface area contributed by atoms with Crippen LogP contribution < -0.4 is 5.32 Å². The number of amides is 1. The summed E-state index contributed by atoms with van der Waals surface area (Å²) in [6.45, 7) is 7.17. The summed E-state index contributed by atoms with van der Waals surface area (Å²) in [6.07, 6.45) is 0.687. The molecule has 0 rings (SSSR count). The van der Waals surface area contributed by atoms with E-state index in [-0.39, 0.29) is 6.09 Å². The van der Waals surface area contributed by atoms with Gasteiger partial charge >= 0.3 is 6.09 Å². The van der Waals surface area contributed by atoms with Crippen LogP contribution in [0.25, 0.3) is 0 Å². The molecule has 11 heavy (non-hydrogen) atoms. The minimum Gasteiger partial charge on any atom is -0.450 e. The van der Waals surface area contributed by atoms with Crippen molar-refractivity contribution in [1.29, 1.82) is 0 Å². The van der Waals surface area contributed by atoms with E-state index in [0.717, 1.165) is 6.42 Å². The van der Waals surface area contributed by atoms with Crippen LogP contribution in [0.15, 0.2) is 0 Å². The predicted molar refractivity (Wildman–Crippen MR) is 44.5 cm³/mol. The Bertz CT molecular complexity index is 113. The summed E-state index contributed by atoms with van der Waals surface area (Å²) in [5, 5.41) is 2.65. The second kappa shape index (κ2) is 6.01. The third-order valence-corrected chi connectivity index (χ3v) is 1.27. The minimum absolute atomic E-state index is 0.312. The molecule has 3 heteroatoms. The van der Waals surface area contributed by atoms with Gasteiger partial charge in [-0.15, -0.1) is 0 Å². The largest absolute Gasteiger partial charge is 0.450 e. The number of carbonyl (C=O) groups excluding carboxylic acids is 1. The average molecular weight is 159 g/mol. The van der Waals surface area contributed by atoms with Crippen LogP contribution in [-0.4, -0.2) is 19.2 Å². The fraction of sp³-hybridized carbons (Fsp3) is 0.875. The number of hydrogen-bond donors (Lipinski definition) is 1. The fourth-order valence-electron chi connectivity index (χ4n) is 0.645. The van der Waals surface area contributed by atoms with Crippen LogP contribution in [0.5, 0.6) is 0 Å². The molecular weight excluding hydrogens is 142 g/mol. The quantitative estimate of drug-likeness (QED) is 0.679. The first-order chi connectivity index (χ1) is 5.16. The summed E-state index contributed by atoms with van der Waals surface area (Å²) in [4.78, 5) is 10.7. The standard InChI is InChI=1S/C8H17NO2/c1-4-11-8(10)9-6-5-7(2)3/h7H,4-6H2,1-3H3,(H,9,10). The number of carbonyl (C=O) groups is 1. The van der Waals surface area contributed by atoms with Crippen LogP contribution in [-0.2, 0) is 4.74 Å². The van der Waals surface area contributed by atoms with Crippen molar-refractivity contribution in [2.45, 2.75) is 27.2 Å². The molecule has 0 heterocycles. The molecule has 0 spiro atoms. The van der Waals surface area contributed by atoms with Gasteiger partial charge in [0.2, 0.25) is 0 Å². The Morgan fingerprint density at radius 2 is 2.18 bits per heavy atom. The molecule has 0 aromatic heterocycles. The highest BCUT2D eigenvalue weighted by molar-refractivity contribution is 5.66. The number of alkyl carbamates (subject to hydrolysis) is 1. The molecule has 0 saturated heterocycles. The van der Waals surface area contributed by atoms with E-state index >= 15 is 0 Å². The number of hydrogen-bond acceptors (Lipinski definition) is 2. The maximum atomic E-state index is 10.7. The van der Waals surface area contributed by atoms with Crippen molar-refractivity contribution in [1.82, 2.24) is 5.32 Å². The third kappa shape index (κ3) is 7.16. The predicted octanol–water partition coefficient (Wildman–Crippen LogP) is 1.78. The van der Waals surface area contributed by atoms with Crippen LogP contribution in [0.4, 0.5) is 4.79 Å². The van der Waals surface area contributed by atoms with Crippen molar-refractivity contribution in [3.05, 3.63) is 0 Å². The van der Waals surface area contributed by atoms with Crippen molar-refractivity contribution in [2.75, 3.05) is 13.2 Å². The van der Waals surface area contributed by atoms with Crippen LogP contribution >= 0.6 is 0 Å². The monoisotopic (exact) mass is 159 g/mol. The Kier molecular flexibility index (Phi) is 5.61. The first-order valence-electron chi connectivity index (χ1n) is 4.07. The first-order valence-corrected chi connectivity index (χ1v) is 4.07. The summed E-state index contributed by atoms with van der Waals surface area (Å²) in [7, 11) is 0. The zero-order valence-electron chi connectivity index (χ0n) is 7.52. The molecule has 0 saturated carbocycles. The van der Waals surface area contributed by atoms with Crippen LogP contribution in [0.3, 0.4) is 0 Å². The van der Waals surface area contributed by atoms with Crippen molar-refractivity contribution in [2.24, 2.45) is 5.92 Å². The number of rotatable bonds is 4. The Labute approximate surface area is 68.1 Å². The third-order valence-electron chi connectivity index (χ3n) is 1.27. The molecule has 0 atom stereocenters. The van der Waals surface area contributed by atoms with E-state index < -0.39 is 0 Å². The van der Waals surface area contributed by atoms with Crippen molar-refractivity contribution in [3.63, 3.8) is 0 Å². The van der Waals surface area contributed by atoms with Gasteiger partial charge in [0, 0.05) is 6.54 Å². The maximum Gasteiger partial charge on any atom is 0.407 e. The minimum atomic E-state index is -0.312. The molecule has 0 aliphatic carbocycles. The summed E-state index contributed by atoms with van der Waals surface area (Å²) < 4.78 is 4.67. The molecule has 0 aliphatic rings. The molecule has 1 N–H and O–H groups in total. The molecule has 0 aromatic rings. The van der Waals surface area contributed by atoms with Gasteiger partial charge in [-0.3, -0.25) is 0 Å². The van der Waals surface area contributed by atoms with E-state index in [1.165, 1.54) is 0 Å². The first kappa shape index (κ1) is 10.3. The molecule has 0 aliphatic heterocycles. The molecular formula is C8H17NO2. The Morgan fingerprint density at radius 1 is 1.55 bits per heavy atom. The normalized spacial score (nSPS) is 9.82. The Morgan fingerprint density at radius 3 is 2.64 bits per heavy atom. The Hall–Kier alpha value is -0.730. The lowest BCUT2D eigenvalue weighted by atomic mass is 10.1. The smallest absolute Gasteiger partial charge is 0.407 e. The summed E-state index contributed by atoms with van der Waals surface area (Å²) >= 11 is 0. The van der Waals surface area contributed by atoms with Crippen LogP contribution in [0.1, 0.15) is 27.2 Å². The second-order valence-corrected chi connectivity index (χ2v) is 2.83. The van der Waals surface area contributed by atoms with Crippen molar-refractivity contribution in [3.8, 4) is 0 Å². The zero-order chi connectivity index (χ0) is 8.69. The van der Waals surface area contributed by atoms with Gasteiger partial charge in [0.15, 0.2) is 0 Å². The van der Waals surface area contributed by atoms with E-state index in [9.17, 15) is 4.79 Å². The lowest BCUT2D eigenvalue weighted by molar-refractivity contribution is 0.152. The van der Waals surface area contributed by atoms with Crippen molar-refractivity contribution >= 4 is 6.09 Å². The number of ether oxygens (including phenoxy) is 1. The average Bonchev–Trinajstić information content (AvgIpc) is 1.87. The lowest BCUT2D eigenvalue weighted by Crippen LogP contribution is -2.25. The topological polar surface area (TPSA) is 38.3 Å². The second-order valence-electron chi connectivity index (χ2n) is 2.83. The van der Waals surface area contributed by atoms with Gasteiger partial charge in [0.25, 0.3) is 0 Å². The van der Waals surface area contributed by atoms with E-state index in [1.807, 2.05) is 0 Å². The van der Waals surface area contributed by atoms with Gasteiger partial charge in [0.1, 0.15) is 0 Å². The van der Waals surface area contributed by atoms with E-state index in [4.69, 9.17) is 0 Å². The van der Waals surface area contributed by atoms with Gasteiger partial charge in [-0.2, -0.15) is 0 Å². The van der Waals surface area contributed by atoms with Gasteiger partial charge in [-0.05, 0) is 19.3 Å². The summed E-state index contributed by atoms with van der Waals surface area (Å²) in [6, 6.07) is 0. The molecule has 0 radical (unpaired) electrons. The van der Waals surface area contributed by atoms with Gasteiger partial charge in [-0.1, -0.05) is 13.8 Å². The van der Waals surface area contributed by atoms with Crippen molar-refractivity contribution < 1.29 is 9.53 Å². The molecule has 0 fully saturated rings. The lowest BCUT2D eigenvalue weighted by Gasteiger charge is -2.06. The van der Waals surface area contributed by atoms with Crippen LogP contribution in [0, 0.1) is 5.92 Å². The maximum absolute atomic E-state index is 10.7. The highest BCUT2D eigenvalue weighted by atomic mass is 16.5. The van der Waals surface area contributed by atoms with Gasteiger partial charge in [0.05, 0.1) is 6.61 Å². The van der Waals surface area contributed by atoms with Gasteiger partial charge < -0.3 is 10.1 Å². The van der Waals surface area contributed by atoms with E-state index in [1.54, 1.807) is 6.92 Å². The molecule has 1 amide bonds.